The van der Waals surface area contributed by atoms with Gasteiger partial charge in [-0.05, 0) is 31.0 Å². The van der Waals surface area contributed by atoms with Gasteiger partial charge in [-0.25, -0.2) is 0 Å². The Labute approximate surface area is 128 Å². The highest BCUT2D eigenvalue weighted by Gasteiger charge is 2.28. The van der Waals surface area contributed by atoms with E-state index in [1.165, 1.54) is 12.8 Å². The molecule has 0 N–H and O–H groups in total. The fourth-order valence-corrected chi connectivity index (χ4v) is 2.94. The number of nitrogens with zero attached hydrogens (tertiary/aromatic N) is 2. The molecule has 1 fully saturated rings. The maximum Gasteiger partial charge on any atom is 0.140 e. The first-order valence-electron chi connectivity index (χ1n) is 7.37. The van der Waals surface area contributed by atoms with Gasteiger partial charge in [0, 0.05) is 42.2 Å². The molecule has 2 heterocycles. The molecule has 1 aliphatic carbocycles. The minimum Gasteiger partial charge on any atom is -0.492 e. The second kappa shape index (κ2) is 5.35. The van der Waals surface area contributed by atoms with E-state index in [1.54, 1.807) is 0 Å². The first-order valence-corrected chi connectivity index (χ1v) is 7.75. The molecule has 1 saturated carbocycles. The maximum atomic E-state index is 6.08. The summed E-state index contributed by atoms with van der Waals surface area (Å²) >= 11 is 6.08. The van der Waals surface area contributed by atoms with E-state index < -0.39 is 0 Å². The highest BCUT2D eigenvalue weighted by atomic mass is 35.5. The van der Waals surface area contributed by atoms with Crippen molar-refractivity contribution in [3.05, 3.63) is 46.3 Å². The average Bonchev–Trinajstić information content (AvgIpc) is 3.24. The third-order valence-corrected chi connectivity index (χ3v) is 4.26. The summed E-state index contributed by atoms with van der Waals surface area (Å²) in [6.45, 7) is 3.16. The van der Waals surface area contributed by atoms with Gasteiger partial charge in [0.2, 0.25) is 0 Å². The molecule has 0 saturated heterocycles. The number of hydrogen-bond donors (Lipinski definition) is 0. The fourth-order valence-electron chi connectivity index (χ4n) is 2.74. The molecule has 0 unspecified atom stereocenters. The zero-order valence-electron chi connectivity index (χ0n) is 11.7. The monoisotopic (exact) mass is 304 g/mol. The molecule has 0 amide bonds. The van der Waals surface area contributed by atoms with Crippen molar-refractivity contribution in [3.63, 3.8) is 0 Å². The van der Waals surface area contributed by atoms with Crippen LogP contribution < -0.4 is 4.74 Å². The number of rotatable bonds is 3. The molecule has 2 aliphatic rings. The summed E-state index contributed by atoms with van der Waals surface area (Å²) < 4.78 is 11.2. The Bertz CT molecular complexity index is 651. The zero-order chi connectivity index (χ0) is 14.2. The lowest BCUT2D eigenvalue weighted by Crippen LogP contribution is -2.25. The van der Waals surface area contributed by atoms with E-state index in [0.717, 1.165) is 47.4 Å². The molecule has 1 aromatic carbocycles. The first kappa shape index (κ1) is 13.2. The maximum absolute atomic E-state index is 6.08. The Balaban J connectivity index is 1.49. The topological polar surface area (TPSA) is 38.5 Å². The Morgan fingerprint density at radius 2 is 2.19 bits per heavy atom. The molecule has 0 radical (unpaired) electrons. The van der Waals surface area contributed by atoms with Crippen LogP contribution in [0.3, 0.4) is 0 Å². The molecule has 0 bridgehead atoms. The normalized spacial score (nSPS) is 18.9. The second-order valence-corrected chi connectivity index (χ2v) is 6.24. The predicted octanol–water partition coefficient (Wildman–Crippen LogP) is 3.60. The van der Waals surface area contributed by atoms with Crippen LogP contribution in [0.1, 0.15) is 35.8 Å². The second-order valence-electron chi connectivity index (χ2n) is 5.81. The van der Waals surface area contributed by atoms with Crippen molar-refractivity contribution >= 4 is 11.6 Å². The number of aromatic nitrogens is 1. The van der Waals surface area contributed by atoms with Crippen LogP contribution in [0.4, 0.5) is 0 Å². The van der Waals surface area contributed by atoms with Gasteiger partial charge in [-0.2, -0.15) is 0 Å². The van der Waals surface area contributed by atoms with Crippen LogP contribution in [0.5, 0.6) is 5.75 Å². The quantitative estimate of drug-likeness (QED) is 0.868. The van der Waals surface area contributed by atoms with E-state index in [2.05, 4.69) is 16.1 Å². The van der Waals surface area contributed by atoms with Gasteiger partial charge >= 0.3 is 0 Å². The molecule has 1 aliphatic heterocycles. The van der Waals surface area contributed by atoms with E-state index in [0.29, 0.717) is 12.5 Å². The average molecular weight is 305 g/mol. The van der Waals surface area contributed by atoms with Gasteiger partial charge < -0.3 is 9.26 Å². The molecule has 0 spiro atoms. The Morgan fingerprint density at radius 3 is 3.05 bits per heavy atom. The largest absolute Gasteiger partial charge is 0.492 e. The van der Waals surface area contributed by atoms with E-state index in [9.17, 15) is 0 Å². The summed E-state index contributed by atoms with van der Waals surface area (Å²) in [4.78, 5) is 2.32. The molecule has 4 nitrogen and oxygen atoms in total. The molecule has 1 aromatic heterocycles. The van der Waals surface area contributed by atoms with Gasteiger partial charge in [-0.15, -0.1) is 0 Å². The summed E-state index contributed by atoms with van der Waals surface area (Å²) in [5.41, 5.74) is 2.13. The SMILES string of the molecule is Clc1ccc2c(c1)CN(Cc1cc(C3CC3)on1)CCO2. The van der Waals surface area contributed by atoms with Crippen molar-refractivity contribution in [2.75, 3.05) is 13.2 Å². The third kappa shape index (κ3) is 2.92. The van der Waals surface area contributed by atoms with Crippen molar-refractivity contribution in [1.29, 1.82) is 0 Å². The molecular weight excluding hydrogens is 288 g/mol. The fraction of sp³-hybridized carbons (Fsp3) is 0.438. The van der Waals surface area contributed by atoms with Crippen LogP contribution in [0.15, 0.2) is 28.8 Å². The van der Waals surface area contributed by atoms with Gasteiger partial charge in [0.25, 0.3) is 0 Å². The minimum absolute atomic E-state index is 0.609. The van der Waals surface area contributed by atoms with Crippen LogP contribution in [-0.2, 0) is 13.1 Å². The van der Waals surface area contributed by atoms with Crippen molar-refractivity contribution in [2.45, 2.75) is 31.8 Å². The van der Waals surface area contributed by atoms with Crippen LogP contribution in [0, 0.1) is 0 Å². The molecule has 4 rings (SSSR count). The Hall–Kier alpha value is -1.52. The Morgan fingerprint density at radius 1 is 1.29 bits per heavy atom. The summed E-state index contributed by atoms with van der Waals surface area (Å²) in [6.07, 6.45) is 2.47. The molecule has 21 heavy (non-hydrogen) atoms. The number of hydrogen-bond acceptors (Lipinski definition) is 4. The minimum atomic E-state index is 0.609. The number of fused-ring (bicyclic) bond motifs is 1. The highest BCUT2D eigenvalue weighted by Crippen LogP contribution is 2.40. The van der Waals surface area contributed by atoms with Gasteiger partial charge in [0.15, 0.2) is 0 Å². The summed E-state index contributed by atoms with van der Waals surface area (Å²) in [5, 5.41) is 4.94. The lowest BCUT2D eigenvalue weighted by atomic mass is 10.2. The van der Waals surface area contributed by atoms with Gasteiger partial charge in [-0.3, -0.25) is 4.90 Å². The molecule has 5 heteroatoms. The third-order valence-electron chi connectivity index (χ3n) is 4.02. The van der Waals surface area contributed by atoms with E-state index >= 15 is 0 Å². The standard InChI is InChI=1S/C16H17ClN2O2/c17-13-3-4-15-12(7-13)9-19(5-6-20-15)10-14-8-16(21-18-14)11-1-2-11/h3-4,7-8,11H,1-2,5-6,9-10H2. The van der Waals surface area contributed by atoms with Crippen LogP contribution in [0.2, 0.25) is 5.02 Å². The summed E-state index contributed by atoms with van der Waals surface area (Å²) in [5.74, 6) is 2.58. The van der Waals surface area contributed by atoms with Crippen LogP contribution >= 0.6 is 11.6 Å². The lowest BCUT2D eigenvalue weighted by Gasteiger charge is -2.17. The summed E-state index contributed by atoms with van der Waals surface area (Å²) in [7, 11) is 0. The summed E-state index contributed by atoms with van der Waals surface area (Å²) in [6, 6.07) is 7.90. The van der Waals surface area contributed by atoms with Gasteiger partial charge in [-0.1, -0.05) is 16.8 Å². The van der Waals surface area contributed by atoms with Crippen LogP contribution in [0.25, 0.3) is 0 Å². The lowest BCUT2D eigenvalue weighted by molar-refractivity contribution is 0.214. The number of ether oxygens (including phenoxy) is 1. The van der Waals surface area contributed by atoms with Crippen molar-refractivity contribution in [2.24, 2.45) is 0 Å². The van der Waals surface area contributed by atoms with Gasteiger partial charge in [0.1, 0.15) is 18.1 Å². The zero-order valence-corrected chi connectivity index (χ0v) is 12.5. The van der Waals surface area contributed by atoms with E-state index in [4.69, 9.17) is 20.9 Å². The molecule has 110 valence electrons. The highest BCUT2D eigenvalue weighted by molar-refractivity contribution is 6.30. The van der Waals surface area contributed by atoms with Gasteiger partial charge in [0.05, 0.1) is 5.69 Å². The Kier molecular flexibility index (Phi) is 3.36. The molecule has 2 aromatic rings. The number of halogens is 1. The number of benzene rings is 1. The molecular formula is C16H17ClN2O2. The van der Waals surface area contributed by atoms with E-state index in [1.807, 2.05) is 18.2 Å². The molecule has 0 atom stereocenters. The van der Waals surface area contributed by atoms with Crippen molar-refractivity contribution in [1.82, 2.24) is 10.1 Å². The first-order chi connectivity index (χ1) is 10.3. The van der Waals surface area contributed by atoms with Crippen LogP contribution in [-0.4, -0.2) is 23.2 Å². The van der Waals surface area contributed by atoms with E-state index in [-0.39, 0.29) is 0 Å². The van der Waals surface area contributed by atoms with Crippen molar-refractivity contribution in [3.8, 4) is 5.75 Å². The predicted molar refractivity (Wildman–Crippen MR) is 79.5 cm³/mol. The smallest absolute Gasteiger partial charge is 0.140 e. The van der Waals surface area contributed by atoms with Crippen molar-refractivity contribution < 1.29 is 9.26 Å².